The zero-order chi connectivity index (χ0) is 12.0. The Kier molecular flexibility index (Phi) is 5.22. The molecule has 1 atom stereocenters. The van der Waals surface area contributed by atoms with Crippen LogP contribution in [0.5, 0.6) is 0 Å². The summed E-state index contributed by atoms with van der Waals surface area (Å²) >= 11 is 5.17. The molecule has 3 N–H and O–H groups in total. The lowest BCUT2D eigenvalue weighted by atomic mass is 10.2. The van der Waals surface area contributed by atoms with Crippen molar-refractivity contribution in [1.82, 2.24) is 5.32 Å². The highest BCUT2D eigenvalue weighted by Gasteiger charge is 2.06. The number of benzene rings is 1. The van der Waals surface area contributed by atoms with Crippen molar-refractivity contribution in [1.29, 1.82) is 0 Å². The Morgan fingerprint density at radius 3 is 2.69 bits per heavy atom. The average Bonchev–Trinajstić information content (AvgIpc) is 2.29. The molecular formula is C12H18N2OS. The van der Waals surface area contributed by atoms with Crippen LogP contribution in [0.25, 0.3) is 0 Å². The molecule has 0 aliphatic rings. The van der Waals surface area contributed by atoms with Crippen LogP contribution in [0.2, 0.25) is 0 Å². The van der Waals surface area contributed by atoms with Gasteiger partial charge in [-0.15, -0.1) is 0 Å². The molecule has 0 aliphatic carbocycles. The third-order valence-electron chi connectivity index (χ3n) is 2.44. The van der Waals surface area contributed by atoms with Crippen LogP contribution in [0.4, 0.5) is 5.69 Å². The molecule has 0 radical (unpaired) electrons. The van der Waals surface area contributed by atoms with Crippen LogP contribution in [-0.4, -0.2) is 22.9 Å². The summed E-state index contributed by atoms with van der Waals surface area (Å²) in [6.45, 7) is 4.12. The van der Waals surface area contributed by atoms with E-state index < -0.39 is 0 Å². The van der Waals surface area contributed by atoms with Gasteiger partial charge in [0.1, 0.15) is 0 Å². The van der Waals surface area contributed by atoms with Crippen LogP contribution in [0.3, 0.4) is 0 Å². The average molecular weight is 238 g/mol. The van der Waals surface area contributed by atoms with Gasteiger partial charge in [-0.05, 0) is 37.2 Å². The minimum absolute atomic E-state index is 0.0176. The Hall–Kier alpha value is -1.13. The molecule has 1 unspecified atom stereocenters. The standard InChI is InChI=1S/C12H18N2OS/c1-3-10(8-15)13-12(16)14-11-7-5-4-6-9(11)2/h4-7,10,15H,3,8H2,1-2H3,(H2,13,14,16). The Balaban J connectivity index is 2.55. The Labute approximate surface area is 102 Å². The van der Waals surface area contributed by atoms with E-state index >= 15 is 0 Å². The van der Waals surface area contributed by atoms with E-state index in [4.69, 9.17) is 17.3 Å². The molecule has 0 aromatic heterocycles. The van der Waals surface area contributed by atoms with Crippen molar-refractivity contribution in [3.8, 4) is 0 Å². The van der Waals surface area contributed by atoms with Gasteiger partial charge in [-0.2, -0.15) is 0 Å². The molecule has 1 aromatic rings. The number of aliphatic hydroxyl groups is 1. The number of para-hydroxylation sites is 1. The van der Waals surface area contributed by atoms with E-state index in [0.29, 0.717) is 5.11 Å². The number of anilines is 1. The fraction of sp³-hybridized carbons (Fsp3) is 0.417. The summed E-state index contributed by atoms with van der Waals surface area (Å²) in [7, 11) is 0. The molecule has 0 spiro atoms. The molecule has 0 bridgehead atoms. The number of hydrogen-bond donors (Lipinski definition) is 3. The molecule has 1 rings (SSSR count). The predicted octanol–water partition coefficient (Wildman–Crippen LogP) is 2.05. The van der Waals surface area contributed by atoms with Crippen LogP contribution in [-0.2, 0) is 0 Å². The monoisotopic (exact) mass is 238 g/mol. The quantitative estimate of drug-likeness (QED) is 0.703. The van der Waals surface area contributed by atoms with E-state index in [2.05, 4.69) is 10.6 Å². The lowest BCUT2D eigenvalue weighted by Crippen LogP contribution is -2.39. The van der Waals surface area contributed by atoms with Gasteiger partial charge in [0.05, 0.1) is 12.6 Å². The first-order valence-corrected chi connectivity index (χ1v) is 5.82. The smallest absolute Gasteiger partial charge is 0.171 e. The third kappa shape index (κ3) is 3.79. The summed E-state index contributed by atoms with van der Waals surface area (Å²) in [6, 6.07) is 7.96. The van der Waals surface area contributed by atoms with Crippen LogP contribution >= 0.6 is 12.2 Å². The fourth-order valence-corrected chi connectivity index (χ4v) is 1.61. The second kappa shape index (κ2) is 6.45. The molecule has 1 aromatic carbocycles. The van der Waals surface area contributed by atoms with Gasteiger partial charge in [0, 0.05) is 5.69 Å². The van der Waals surface area contributed by atoms with Gasteiger partial charge in [-0.25, -0.2) is 0 Å². The number of hydrogen-bond acceptors (Lipinski definition) is 2. The van der Waals surface area contributed by atoms with Gasteiger partial charge in [-0.3, -0.25) is 0 Å². The number of thiocarbonyl (C=S) groups is 1. The number of nitrogens with one attached hydrogen (secondary N) is 2. The molecule has 0 saturated heterocycles. The summed E-state index contributed by atoms with van der Waals surface area (Å²) in [5, 5.41) is 15.8. The van der Waals surface area contributed by atoms with E-state index in [1.807, 2.05) is 38.1 Å². The van der Waals surface area contributed by atoms with Gasteiger partial charge in [0.25, 0.3) is 0 Å². The van der Waals surface area contributed by atoms with E-state index in [9.17, 15) is 0 Å². The van der Waals surface area contributed by atoms with Crippen molar-refractivity contribution in [2.75, 3.05) is 11.9 Å². The highest BCUT2D eigenvalue weighted by Crippen LogP contribution is 2.12. The second-order valence-corrected chi connectivity index (χ2v) is 4.11. The molecule has 0 aliphatic heterocycles. The first-order chi connectivity index (χ1) is 7.67. The van der Waals surface area contributed by atoms with Crippen LogP contribution in [0.1, 0.15) is 18.9 Å². The maximum absolute atomic E-state index is 9.05. The topological polar surface area (TPSA) is 44.3 Å². The zero-order valence-electron chi connectivity index (χ0n) is 9.66. The Morgan fingerprint density at radius 1 is 1.44 bits per heavy atom. The Morgan fingerprint density at radius 2 is 2.12 bits per heavy atom. The molecule has 4 heteroatoms. The summed E-state index contributed by atoms with van der Waals surface area (Å²) in [4.78, 5) is 0. The summed E-state index contributed by atoms with van der Waals surface area (Å²) in [5.74, 6) is 0. The number of aryl methyl sites for hydroxylation is 1. The normalized spacial score (nSPS) is 11.9. The van der Waals surface area contributed by atoms with Crippen molar-refractivity contribution < 1.29 is 5.11 Å². The highest BCUT2D eigenvalue weighted by molar-refractivity contribution is 7.80. The second-order valence-electron chi connectivity index (χ2n) is 3.70. The lowest BCUT2D eigenvalue weighted by Gasteiger charge is -2.18. The van der Waals surface area contributed by atoms with Crippen molar-refractivity contribution >= 4 is 23.0 Å². The van der Waals surface area contributed by atoms with Crippen molar-refractivity contribution in [2.45, 2.75) is 26.3 Å². The molecule has 0 amide bonds. The zero-order valence-corrected chi connectivity index (χ0v) is 10.5. The van der Waals surface area contributed by atoms with Crippen LogP contribution < -0.4 is 10.6 Å². The molecule has 0 heterocycles. The first kappa shape index (κ1) is 12.9. The van der Waals surface area contributed by atoms with E-state index in [0.717, 1.165) is 17.7 Å². The van der Waals surface area contributed by atoms with Crippen molar-refractivity contribution in [3.63, 3.8) is 0 Å². The molecule has 16 heavy (non-hydrogen) atoms. The van der Waals surface area contributed by atoms with Gasteiger partial charge < -0.3 is 15.7 Å². The summed E-state index contributed by atoms with van der Waals surface area (Å²) < 4.78 is 0. The molecule has 0 fully saturated rings. The summed E-state index contributed by atoms with van der Waals surface area (Å²) in [6.07, 6.45) is 0.839. The summed E-state index contributed by atoms with van der Waals surface area (Å²) in [5.41, 5.74) is 2.14. The van der Waals surface area contributed by atoms with Gasteiger partial charge >= 0.3 is 0 Å². The van der Waals surface area contributed by atoms with Crippen LogP contribution in [0.15, 0.2) is 24.3 Å². The van der Waals surface area contributed by atoms with Gasteiger partial charge in [0.2, 0.25) is 0 Å². The lowest BCUT2D eigenvalue weighted by molar-refractivity contribution is 0.253. The highest BCUT2D eigenvalue weighted by atomic mass is 32.1. The van der Waals surface area contributed by atoms with E-state index in [1.54, 1.807) is 0 Å². The fourth-order valence-electron chi connectivity index (χ4n) is 1.33. The van der Waals surface area contributed by atoms with E-state index in [-0.39, 0.29) is 12.6 Å². The van der Waals surface area contributed by atoms with E-state index in [1.165, 1.54) is 0 Å². The molecule has 3 nitrogen and oxygen atoms in total. The molecule has 88 valence electrons. The Bertz CT molecular complexity index is 351. The molecular weight excluding hydrogens is 220 g/mol. The number of aliphatic hydroxyl groups excluding tert-OH is 1. The van der Waals surface area contributed by atoms with Gasteiger partial charge in [0.15, 0.2) is 5.11 Å². The maximum Gasteiger partial charge on any atom is 0.171 e. The largest absolute Gasteiger partial charge is 0.394 e. The predicted molar refractivity (Wildman–Crippen MR) is 71.7 cm³/mol. The van der Waals surface area contributed by atoms with Gasteiger partial charge in [-0.1, -0.05) is 25.1 Å². The van der Waals surface area contributed by atoms with Crippen LogP contribution in [0, 0.1) is 6.92 Å². The third-order valence-corrected chi connectivity index (χ3v) is 2.66. The SMILES string of the molecule is CCC(CO)NC(=S)Nc1ccccc1C. The minimum Gasteiger partial charge on any atom is -0.394 e. The van der Waals surface area contributed by atoms with Crippen molar-refractivity contribution in [2.24, 2.45) is 0 Å². The number of rotatable bonds is 4. The maximum atomic E-state index is 9.05. The van der Waals surface area contributed by atoms with Crippen molar-refractivity contribution in [3.05, 3.63) is 29.8 Å². The minimum atomic E-state index is 0.0176. The first-order valence-electron chi connectivity index (χ1n) is 5.41. The molecule has 0 saturated carbocycles.